The number of benzene rings is 2. The highest BCUT2D eigenvalue weighted by Crippen LogP contribution is 2.36. The van der Waals surface area contributed by atoms with Crippen LogP contribution >= 0.6 is 23.4 Å². The van der Waals surface area contributed by atoms with Crippen molar-refractivity contribution < 1.29 is 8.42 Å². The van der Waals surface area contributed by atoms with Gasteiger partial charge in [0.2, 0.25) is 0 Å². The van der Waals surface area contributed by atoms with E-state index in [2.05, 4.69) is 36.9 Å². The third kappa shape index (κ3) is 3.89. The highest BCUT2D eigenvalue weighted by atomic mass is 35.5. The van der Waals surface area contributed by atoms with Crippen LogP contribution in [0.25, 0.3) is 0 Å². The van der Waals surface area contributed by atoms with E-state index in [4.69, 9.17) is 16.6 Å². The lowest BCUT2D eigenvalue weighted by atomic mass is 10.1. The molecule has 0 aromatic heterocycles. The van der Waals surface area contributed by atoms with E-state index < -0.39 is 9.84 Å². The Morgan fingerprint density at radius 1 is 1.11 bits per heavy atom. The quantitative estimate of drug-likeness (QED) is 0.745. The molecule has 2 aliphatic heterocycles. The zero-order valence-electron chi connectivity index (χ0n) is 15.2. The third-order valence-corrected chi connectivity index (χ3v) is 8.15. The number of thioether (sulfide) groups is 1. The van der Waals surface area contributed by atoms with Gasteiger partial charge in [-0.25, -0.2) is 8.42 Å². The van der Waals surface area contributed by atoms with Gasteiger partial charge in [0.25, 0.3) is 0 Å². The molecule has 2 aromatic carbocycles. The first-order valence-electron chi connectivity index (χ1n) is 8.84. The number of nitrogens with zero attached hydrogens (tertiary/aromatic N) is 2. The van der Waals surface area contributed by atoms with Gasteiger partial charge in [0, 0.05) is 16.5 Å². The molecule has 2 heterocycles. The number of fused-ring (bicyclic) bond motifs is 1. The number of amidine groups is 1. The standard InChI is InChI=1S/C20H21ClN2O2S2/c1-13-3-8-17(9-14(13)2)23-19-12-27(24,25)11-18(19)22-20(23)26-10-15-4-6-16(21)7-5-15/h3-9,18-19H,10-12H2,1-2H3/t18-,19-/m0/s1. The maximum Gasteiger partial charge on any atom is 0.164 e. The molecule has 0 bridgehead atoms. The number of anilines is 1. The minimum absolute atomic E-state index is 0.107. The molecule has 7 heteroatoms. The van der Waals surface area contributed by atoms with Crippen LogP contribution in [0, 0.1) is 13.8 Å². The summed E-state index contributed by atoms with van der Waals surface area (Å²) >= 11 is 7.62. The van der Waals surface area contributed by atoms with Gasteiger partial charge >= 0.3 is 0 Å². The van der Waals surface area contributed by atoms with Crippen molar-refractivity contribution in [3.05, 3.63) is 64.2 Å². The Bertz CT molecular complexity index is 1000. The molecular weight excluding hydrogens is 400 g/mol. The Hall–Kier alpha value is -1.50. The van der Waals surface area contributed by atoms with Crippen LogP contribution in [-0.4, -0.2) is 37.2 Å². The van der Waals surface area contributed by atoms with Crippen molar-refractivity contribution in [2.45, 2.75) is 31.7 Å². The second kappa shape index (κ2) is 7.15. The number of aliphatic imine (C=N–C) groups is 1. The summed E-state index contributed by atoms with van der Waals surface area (Å²) in [6, 6.07) is 13.8. The van der Waals surface area contributed by atoms with E-state index in [1.54, 1.807) is 11.8 Å². The fourth-order valence-corrected chi connectivity index (χ4v) is 6.59. The summed E-state index contributed by atoms with van der Waals surface area (Å²) in [4.78, 5) is 6.92. The Kier molecular flexibility index (Phi) is 4.99. The summed E-state index contributed by atoms with van der Waals surface area (Å²) in [6.45, 7) is 4.16. The maximum absolute atomic E-state index is 12.1. The topological polar surface area (TPSA) is 49.7 Å². The van der Waals surface area contributed by atoms with Gasteiger partial charge in [-0.3, -0.25) is 4.99 Å². The second-order valence-electron chi connectivity index (χ2n) is 7.18. The molecule has 0 aliphatic carbocycles. The summed E-state index contributed by atoms with van der Waals surface area (Å²) in [7, 11) is -3.03. The van der Waals surface area contributed by atoms with E-state index in [1.807, 2.05) is 24.3 Å². The number of aryl methyl sites for hydroxylation is 2. The zero-order valence-corrected chi connectivity index (χ0v) is 17.6. The predicted molar refractivity (Wildman–Crippen MR) is 115 cm³/mol. The van der Waals surface area contributed by atoms with E-state index in [-0.39, 0.29) is 23.6 Å². The van der Waals surface area contributed by atoms with Crippen LogP contribution in [-0.2, 0) is 15.6 Å². The smallest absolute Gasteiger partial charge is 0.164 e. The summed E-state index contributed by atoms with van der Waals surface area (Å²) in [5.74, 6) is 1.08. The third-order valence-electron chi connectivity index (χ3n) is 5.16. The SMILES string of the molecule is Cc1ccc(N2C(SCc3ccc(Cl)cc3)=N[C@H]3CS(=O)(=O)C[C@@H]32)cc1C. The minimum Gasteiger partial charge on any atom is -0.315 e. The van der Waals surface area contributed by atoms with Crippen LogP contribution in [0.5, 0.6) is 0 Å². The molecule has 4 rings (SSSR count). The molecule has 4 nitrogen and oxygen atoms in total. The van der Waals surface area contributed by atoms with E-state index in [9.17, 15) is 8.42 Å². The predicted octanol–water partition coefficient (Wildman–Crippen LogP) is 4.23. The second-order valence-corrected chi connectivity index (χ2v) is 10.7. The van der Waals surface area contributed by atoms with Gasteiger partial charge in [0.05, 0.1) is 23.6 Å². The lowest BCUT2D eigenvalue weighted by Crippen LogP contribution is -2.39. The Balaban J connectivity index is 1.63. The maximum atomic E-state index is 12.1. The number of sulfone groups is 1. The lowest BCUT2D eigenvalue weighted by Gasteiger charge is -2.27. The van der Waals surface area contributed by atoms with Gasteiger partial charge in [-0.2, -0.15) is 0 Å². The van der Waals surface area contributed by atoms with E-state index in [0.29, 0.717) is 0 Å². The van der Waals surface area contributed by atoms with Gasteiger partial charge in [0.15, 0.2) is 15.0 Å². The van der Waals surface area contributed by atoms with Crippen LogP contribution in [0.4, 0.5) is 5.69 Å². The molecule has 0 unspecified atom stereocenters. The number of hydrogen-bond donors (Lipinski definition) is 0. The normalized spacial score (nSPS) is 23.4. The molecule has 0 amide bonds. The summed E-state index contributed by atoms with van der Waals surface area (Å²) in [5, 5.41) is 1.62. The first-order chi connectivity index (χ1) is 12.8. The van der Waals surface area contributed by atoms with Crippen molar-refractivity contribution in [2.75, 3.05) is 16.4 Å². The van der Waals surface area contributed by atoms with E-state index in [1.165, 1.54) is 11.1 Å². The van der Waals surface area contributed by atoms with E-state index in [0.717, 1.165) is 27.2 Å². The number of hydrogen-bond acceptors (Lipinski definition) is 5. The molecule has 27 heavy (non-hydrogen) atoms. The van der Waals surface area contributed by atoms with Crippen LogP contribution in [0.2, 0.25) is 5.02 Å². The van der Waals surface area contributed by atoms with Crippen molar-refractivity contribution >= 4 is 44.1 Å². The monoisotopic (exact) mass is 420 g/mol. The van der Waals surface area contributed by atoms with Gasteiger partial charge in [-0.1, -0.05) is 41.6 Å². The summed E-state index contributed by atoms with van der Waals surface area (Å²) < 4.78 is 24.3. The first kappa shape index (κ1) is 18.8. The van der Waals surface area contributed by atoms with Crippen LogP contribution in [0.1, 0.15) is 16.7 Å². The summed E-state index contributed by atoms with van der Waals surface area (Å²) in [5.41, 5.74) is 4.60. The van der Waals surface area contributed by atoms with Gasteiger partial charge < -0.3 is 4.90 Å². The Labute approximate surface area is 169 Å². The van der Waals surface area contributed by atoms with Crippen LogP contribution in [0.15, 0.2) is 47.5 Å². The van der Waals surface area contributed by atoms with Gasteiger partial charge in [-0.05, 0) is 54.8 Å². The Morgan fingerprint density at radius 2 is 1.85 bits per heavy atom. The van der Waals surface area contributed by atoms with Gasteiger partial charge in [-0.15, -0.1) is 0 Å². The van der Waals surface area contributed by atoms with Crippen LogP contribution < -0.4 is 4.90 Å². The largest absolute Gasteiger partial charge is 0.315 e. The average Bonchev–Trinajstić information content (AvgIpc) is 3.08. The van der Waals surface area contributed by atoms with E-state index >= 15 is 0 Å². The fraction of sp³-hybridized carbons (Fsp3) is 0.350. The Morgan fingerprint density at radius 3 is 2.56 bits per heavy atom. The molecule has 0 N–H and O–H groups in total. The molecule has 2 atom stereocenters. The minimum atomic E-state index is -3.03. The van der Waals surface area contributed by atoms with Crippen molar-refractivity contribution in [2.24, 2.45) is 4.99 Å². The van der Waals surface area contributed by atoms with Crippen molar-refractivity contribution in [3.8, 4) is 0 Å². The van der Waals surface area contributed by atoms with Gasteiger partial charge in [0.1, 0.15) is 0 Å². The molecule has 0 radical (unpaired) electrons. The van der Waals surface area contributed by atoms with Crippen molar-refractivity contribution in [1.29, 1.82) is 0 Å². The fourth-order valence-electron chi connectivity index (χ4n) is 3.54. The molecule has 142 valence electrons. The molecule has 1 fully saturated rings. The number of rotatable bonds is 3. The molecule has 0 saturated carbocycles. The van der Waals surface area contributed by atoms with Crippen molar-refractivity contribution in [1.82, 2.24) is 0 Å². The highest BCUT2D eigenvalue weighted by Gasteiger charge is 2.47. The average molecular weight is 421 g/mol. The number of halogens is 1. The summed E-state index contributed by atoms with van der Waals surface area (Å²) in [6.07, 6.45) is 0. The highest BCUT2D eigenvalue weighted by molar-refractivity contribution is 8.13. The zero-order chi connectivity index (χ0) is 19.2. The molecule has 0 spiro atoms. The molecule has 2 aromatic rings. The van der Waals surface area contributed by atoms with Crippen LogP contribution in [0.3, 0.4) is 0 Å². The molecule has 2 aliphatic rings. The molecular formula is C20H21ClN2O2S2. The lowest BCUT2D eigenvalue weighted by molar-refractivity contribution is 0.601. The first-order valence-corrected chi connectivity index (χ1v) is 12.0. The van der Waals surface area contributed by atoms with Crippen molar-refractivity contribution in [3.63, 3.8) is 0 Å². The molecule has 1 saturated heterocycles.